The van der Waals surface area contributed by atoms with Gasteiger partial charge in [-0.15, -0.1) is 0 Å². The Morgan fingerprint density at radius 1 is 1.00 bits per heavy atom. The Bertz CT molecular complexity index is 621. The van der Waals surface area contributed by atoms with Crippen LogP contribution in [-0.4, -0.2) is 34.6 Å². The number of para-hydroxylation sites is 1. The molecule has 2 aromatic rings. The van der Waals surface area contributed by atoms with E-state index in [4.69, 9.17) is 0 Å². The molecule has 0 aliphatic carbocycles. The molecule has 1 heterocycles. The van der Waals surface area contributed by atoms with Crippen molar-refractivity contribution in [1.29, 1.82) is 0 Å². The zero-order chi connectivity index (χ0) is 16.1. The molecule has 0 radical (unpaired) electrons. The molecule has 5 nitrogen and oxygen atoms in total. The van der Waals surface area contributed by atoms with Crippen molar-refractivity contribution < 1.29 is 10.2 Å². The van der Waals surface area contributed by atoms with E-state index >= 15 is 0 Å². The highest BCUT2D eigenvalue weighted by atomic mass is 16.3. The van der Waals surface area contributed by atoms with Gasteiger partial charge in [-0.2, -0.15) is 0 Å². The lowest BCUT2D eigenvalue weighted by atomic mass is 10.1. The van der Waals surface area contributed by atoms with Gasteiger partial charge in [-0.05, 0) is 24.6 Å². The van der Waals surface area contributed by atoms with E-state index in [9.17, 15) is 10.2 Å². The molecule has 1 aliphatic heterocycles. The molecule has 2 aromatic carbocycles. The van der Waals surface area contributed by atoms with E-state index in [-0.39, 0.29) is 0 Å². The van der Waals surface area contributed by atoms with Gasteiger partial charge < -0.3 is 20.8 Å². The van der Waals surface area contributed by atoms with Gasteiger partial charge in [-0.1, -0.05) is 48.5 Å². The Balaban J connectivity index is 1.47. The van der Waals surface area contributed by atoms with E-state index in [0.29, 0.717) is 6.54 Å². The first-order valence-corrected chi connectivity index (χ1v) is 7.98. The summed E-state index contributed by atoms with van der Waals surface area (Å²) < 4.78 is 0. The first-order chi connectivity index (χ1) is 11.3. The first kappa shape index (κ1) is 16.0. The Kier molecular flexibility index (Phi) is 5.25. The third-order valence-electron chi connectivity index (χ3n) is 4.09. The van der Waals surface area contributed by atoms with Gasteiger partial charge in [0.25, 0.3) is 0 Å². The summed E-state index contributed by atoms with van der Waals surface area (Å²) in [4.78, 5) is 1.66. The Labute approximate surface area is 136 Å². The number of hydrogen-bond acceptors (Lipinski definition) is 5. The van der Waals surface area contributed by atoms with Gasteiger partial charge in [-0.3, -0.25) is 0 Å². The molecule has 122 valence electrons. The van der Waals surface area contributed by atoms with Gasteiger partial charge in [0.2, 0.25) is 0 Å². The van der Waals surface area contributed by atoms with Crippen molar-refractivity contribution in [3.05, 3.63) is 65.7 Å². The monoisotopic (exact) mass is 313 g/mol. The summed E-state index contributed by atoms with van der Waals surface area (Å²) in [6.45, 7) is 2.25. The van der Waals surface area contributed by atoms with Crippen LogP contribution in [0.5, 0.6) is 0 Å². The van der Waals surface area contributed by atoms with Gasteiger partial charge in [0, 0.05) is 24.3 Å². The minimum Gasteiger partial charge on any atom is -0.374 e. The highest BCUT2D eigenvalue weighted by Gasteiger charge is 2.30. The van der Waals surface area contributed by atoms with Crippen molar-refractivity contribution in [2.24, 2.45) is 0 Å². The lowest BCUT2D eigenvalue weighted by Crippen LogP contribution is -2.47. The molecule has 4 N–H and O–H groups in total. The number of fused-ring (bicyclic) bond motifs is 1. The molecular weight excluding hydrogens is 290 g/mol. The number of aliphatic hydroxyl groups excluding tert-OH is 2. The molecule has 0 aromatic heterocycles. The van der Waals surface area contributed by atoms with Crippen LogP contribution in [-0.2, 0) is 6.54 Å². The summed E-state index contributed by atoms with van der Waals surface area (Å²) in [5.41, 5.74) is 2.84. The predicted molar refractivity (Wildman–Crippen MR) is 90.5 cm³/mol. The molecule has 0 saturated carbocycles. The van der Waals surface area contributed by atoms with Crippen LogP contribution in [0.3, 0.4) is 0 Å². The van der Waals surface area contributed by atoms with Gasteiger partial charge in [0.05, 0.1) is 0 Å². The molecule has 1 aliphatic rings. The maximum Gasteiger partial charge on any atom is 0.186 e. The fourth-order valence-corrected chi connectivity index (χ4v) is 2.85. The normalized spacial score (nSPS) is 20.8. The topological polar surface area (TPSA) is 67.8 Å². The molecule has 5 heteroatoms. The predicted octanol–water partition coefficient (Wildman–Crippen LogP) is 1.86. The molecule has 0 fully saturated rings. The van der Waals surface area contributed by atoms with Crippen LogP contribution in [0.15, 0.2) is 54.6 Å². The highest BCUT2D eigenvalue weighted by molar-refractivity contribution is 5.53. The Hall–Kier alpha value is -1.92. The third-order valence-corrected chi connectivity index (χ3v) is 4.09. The largest absolute Gasteiger partial charge is 0.374 e. The lowest BCUT2D eigenvalue weighted by Gasteiger charge is -2.38. The number of anilines is 1. The first-order valence-electron chi connectivity index (χ1n) is 7.98. The summed E-state index contributed by atoms with van der Waals surface area (Å²) in [5.74, 6) is 0. The number of rotatable bonds is 6. The van der Waals surface area contributed by atoms with Crippen molar-refractivity contribution in [2.45, 2.75) is 25.5 Å². The molecular formula is C18H23N3O2. The van der Waals surface area contributed by atoms with Gasteiger partial charge in [0.1, 0.15) is 6.23 Å². The van der Waals surface area contributed by atoms with Crippen molar-refractivity contribution in [1.82, 2.24) is 10.2 Å². The summed E-state index contributed by atoms with van der Waals surface area (Å²) in [6, 6.07) is 17.8. The van der Waals surface area contributed by atoms with E-state index in [1.807, 2.05) is 42.5 Å². The van der Waals surface area contributed by atoms with E-state index in [1.54, 1.807) is 4.90 Å². The molecule has 0 bridgehead atoms. The molecule has 0 spiro atoms. The molecule has 23 heavy (non-hydrogen) atoms. The van der Waals surface area contributed by atoms with E-state index in [2.05, 4.69) is 22.8 Å². The molecule has 0 saturated heterocycles. The second-order valence-corrected chi connectivity index (χ2v) is 5.73. The van der Waals surface area contributed by atoms with Crippen molar-refractivity contribution in [2.75, 3.05) is 18.4 Å². The van der Waals surface area contributed by atoms with E-state index < -0.39 is 12.6 Å². The fraction of sp³-hybridized carbons (Fsp3) is 0.333. The third kappa shape index (κ3) is 3.89. The Morgan fingerprint density at radius 3 is 2.57 bits per heavy atom. The van der Waals surface area contributed by atoms with Crippen molar-refractivity contribution >= 4 is 5.69 Å². The van der Waals surface area contributed by atoms with Crippen LogP contribution in [0.2, 0.25) is 0 Å². The zero-order valence-electron chi connectivity index (χ0n) is 13.0. The number of nitrogens with zero attached hydrogens (tertiary/aromatic N) is 1. The number of benzene rings is 2. The number of hydrogen-bond donors (Lipinski definition) is 4. The van der Waals surface area contributed by atoms with Crippen molar-refractivity contribution in [3.8, 4) is 0 Å². The van der Waals surface area contributed by atoms with Crippen LogP contribution < -0.4 is 10.6 Å². The molecule has 0 amide bonds. The van der Waals surface area contributed by atoms with E-state index in [0.717, 1.165) is 30.8 Å². The zero-order valence-corrected chi connectivity index (χ0v) is 13.0. The van der Waals surface area contributed by atoms with Gasteiger partial charge >= 0.3 is 0 Å². The smallest absolute Gasteiger partial charge is 0.186 e. The van der Waals surface area contributed by atoms with Crippen LogP contribution in [0, 0.1) is 0 Å². The van der Waals surface area contributed by atoms with Crippen molar-refractivity contribution in [3.63, 3.8) is 0 Å². The molecule has 2 unspecified atom stereocenters. The summed E-state index contributed by atoms with van der Waals surface area (Å²) in [6.07, 6.45) is -0.809. The van der Waals surface area contributed by atoms with Crippen LogP contribution >= 0.6 is 0 Å². The molecule has 2 atom stereocenters. The summed E-state index contributed by atoms with van der Waals surface area (Å²) in [5, 5.41) is 27.0. The average molecular weight is 313 g/mol. The molecule has 3 rings (SSSR count). The summed E-state index contributed by atoms with van der Waals surface area (Å²) >= 11 is 0. The SMILES string of the molecule is OC1Nc2ccccc2C(O)N1CCCNCc1ccccc1. The minimum absolute atomic E-state index is 0.603. The van der Waals surface area contributed by atoms with Crippen LogP contribution in [0.25, 0.3) is 0 Å². The van der Waals surface area contributed by atoms with E-state index in [1.165, 1.54) is 5.56 Å². The second kappa shape index (κ2) is 7.57. The van der Waals surface area contributed by atoms with Gasteiger partial charge in [-0.25, -0.2) is 4.90 Å². The van der Waals surface area contributed by atoms with Crippen LogP contribution in [0.1, 0.15) is 23.8 Å². The quantitative estimate of drug-likeness (QED) is 0.613. The summed E-state index contributed by atoms with van der Waals surface area (Å²) in [7, 11) is 0. The fourth-order valence-electron chi connectivity index (χ4n) is 2.85. The number of aliphatic hydroxyl groups is 2. The lowest BCUT2D eigenvalue weighted by molar-refractivity contribution is -0.0979. The maximum absolute atomic E-state index is 10.4. The van der Waals surface area contributed by atoms with Crippen LogP contribution in [0.4, 0.5) is 5.69 Å². The maximum atomic E-state index is 10.4. The standard InChI is InChI=1S/C18H23N3O2/c22-17-15-9-4-5-10-16(15)20-18(23)21(17)12-6-11-19-13-14-7-2-1-3-8-14/h1-5,7-10,17-20,22-23H,6,11-13H2. The second-order valence-electron chi connectivity index (χ2n) is 5.73. The average Bonchev–Trinajstić information content (AvgIpc) is 2.58. The van der Waals surface area contributed by atoms with Gasteiger partial charge in [0.15, 0.2) is 6.35 Å². The number of nitrogens with one attached hydrogen (secondary N) is 2. The minimum atomic E-state index is -0.867. The Morgan fingerprint density at radius 2 is 1.74 bits per heavy atom. The highest BCUT2D eigenvalue weighted by Crippen LogP contribution is 2.31.